The summed E-state index contributed by atoms with van der Waals surface area (Å²) >= 11 is 0. The monoisotopic (exact) mass is 600 g/mol. The molecule has 7 aromatic carbocycles. The quantitative estimate of drug-likeness (QED) is 0.189. The molecule has 0 bridgehead atoms. The second kappa shape index (κ2) is 10.0. The van der Waals surface area contributed by atoms with Crippen LogP contribution < -0.4 is 0 Å². The molecule has 218 valence electrons. The van der Waals surface area contributed by atoms with E-state index in [4.69, 9.17) is 19.4 Å². The summed E-state index contributed by atoms with van der Waals surface area (Å²) in [5.74, 6) is 1.86. The van der Waals surface area contributed by atoms with Gasteiger partial charge in [-0.1, -0.05) is 109 Å². The van der Waals surface area contributed by atoms with Gasteiger partial charge in [-0.15, -0.1) is 0 Å². The third-order valence-electron chi connectivity index (χ3n) is 9.16. The summed E-state index contributed by atoms with van der Waals surface area (Å²) in [6.07, 6.45) is 1.76. The smallest absolute Gasteiger partial charge is 0.227 e. The van der Waals surface area contributed by atoms with Gasteiger partial charge in [-0.05, 0) is 68.0 Å². The molecule has 0 N–H and O–H groups in total. The molecule has 0 aliphatic heterocycles. The second-order valence-electron chi connectivity index (χ2n) is 11.9. The van der Waals surface area contributed by atoms with Gasteiger partial charge in [0.15, 0.2) is 17.5 Å². The van der Waals surface area contributed by atoms with E-state index in [0.717, 1.165) is 49.2 Å². The Labute approximate surface area is 268 Å². The summed E-state index contributed by atoms with van der Waals surface area (Å²) in [7, 11) is 0. The zero-order chi connectivity index (χ0) is 30.9. The Morgan fingerprint density at radius 1 is 0.383 bits per heavy atom. The van der Waals surface area contributed by atoms with Crippen LogP contribution in [0, 0.1) is 0 Å². The maximum Gasteiger partial charge on any atom is 0.227 e. The first kappa shape index (κ1) is 25.8. The minimum Gasteiger partial charge on any atom is -0.437 e. The molecule has 0 radical (unpaired) electrons. The molecule has 5 nitrogen and oxygen atoms in total. The van der Waals surface area contributed by atoms with Crippen molar-refractivity contribution in [1.82, 2.24) is 19.9 Å². The van der Waals surface area contributed by atoms with E-state index in [1.807, 2.05) is 18.2 Å². The number of furan rings is 1. The average molecular weight is 601 g/mol. The van der Waals surface area contributed by atoms with Crippen LogP contribution in [0.15, 0.2) is 150 Å². The van der Waals surface area contributed by atoms with Crippen molar-refractivity contribution in [3.05, 3.63) is 146 Å². The maximum absolute atomic E-state index is 6.30. The van der Waals surface area contributed by atoms with E-state index in [-0.39, 0.29) is 0 Å². The number of pyridine rings is 1. The topological polar surface area (TPSA) is 64.7 Å². The fraction of sp³-hybridized carbons (Fsp3) is 0. The molecule has 0 fully saturated rings. The van der Waals surface area contributed by atoms with Crippen molar-refractivity contribution >= 4 is 65.2 Å². The van der Waals surface area contributed by atoms with E-state index in [0.29, 0.717) is 23.2 Å². The predicted octanol–water partition coefficient (Wildman–Crippen LogP) is 10.8. The molecule has 0 amide bonds. The standard InChI is InChI=1S/C42H24N4O/c1-2-9-28-23-29(18-14-25(28)7-1)39-44-40(30-19-17-27-16-15-26-8-3-4-10-31(26)37(27)24-30)46-41(45-39)35-12-5-11-33-32(35)20-21-34-36-13-6-22-43-42(36)47-38(33)34/h1-24H. The maximum atomic E-state index is 6.30. The van der Waals surface area contributed by atoms with Crippen LogP contribution in [0.25, 0.3) is 99.3 Å². The van der Waals surface area contributed by atoms with E-state index < -0.39 is 0 Å². The normalized spacial score (nSPS) is 11.8. The molecule has 0 atom stereocenters. The number of benzene rings is 7. The van der Waals surface area contributed by atoms with Crippen LogP contribution in [0.3, 0.4) is 0 Å². The molecule has 0 aliphatic carbocycles. The van der Waals surface area contributed by atoms with Crippen LogP contribution >= 0.6 is 0 Å². The van der Waals surface area contributed by atoms with Crippen molar-refractivity contribution in [3.63, 3.8) is 0 Å². The van der Waals surface area contributed by atoms with Crippen molar-refractivity contribution in [2.75, 3.05) is 0 Å². The molecule has 3 heterocycles. The molecule has 0 aliphatic rings. The predicted molar refractivity (Wildman–Crippen MR) is 191 cm³/mol. The van der Waals surface area contributed by atoms with Gasteiger partial charge < -0.3 is 4.42 Å². The lowest BCUT2D eigenvalue weighted by Gasteiger charge is -2.12. The van der Waals surface area contributed by atoms with E-state index in [1.165, 1.54) is 26.9 Å². The molecule has 0 unspecified atom stereocenters. The first-order valence-electron chi connectivity index (χ1n) is 15.6. The molecule has 47 heavy (non-hydrogen) atoms. The van der Waals surface area contributed by atoms with Crippen LogP contribution in [-0.2, 0) is 0 Å². The highest BCUT2D eigenvalue weighted by Gasteiger charge is 2.18. The summed E-state index contributed by atoms with van der Waals surface area (Å²) in [5.41, 5.74) is 4.22. The summed E-state index contributed by atoms with van der Waals surface area (Å²) in [6, 6.07) is 48.4. The highest BCUT2D eigenvalue weighted by Crippen LogP contribution is 2.38. The molecule has 10 rings (SSSR count). The second-order valence-corrected chi connectivity index (χ2v) is 11.9. The number of nitrogens with zero attached hydrogens (tertiary/aromatic N) is 4. The van der Waals surface area contributed by atoms with E-state index >= 15 is 0 Å². The Morgan fingerprint density at radius 2 is 1.00 bits per heavy atom. The molecular formula is C42H24N4O. The van der Waals surface area contributed by atoms with Gasteiger partial charge >= 0.3 is 0 Å². The van der Waals surface area contributed by atoms with Gasteiger partial charge in [0, 0.05) is 39.0 Å². The number of hydrogen-bond acceptors (Lipinski definition) is 5. The van der Waals surface area contributed by atoms with Gasteiger partial charge in [0.25, 0.3) is 0 Å². The lowest BCUT2D eigenvalue weighted by Crippen LogP contribution is -2.00. The molecule has 10 aromatic rings. The summed E-state index contributed by atoms with van der Waals surface area (Å²) in [5, 5.41) is 11.1. The van der Waals surface area contributed by atoms with Crippen molar-refractivity contribution in [2.24, 2.45) is 0 Å². The highest BCUT2D eigenvalue weighted by atomic mass is 16.3. The molecule has 0 saturated carbocycles. The van der Waals surface area contributed by atoms with Gasteiger partial charge in [-0.2, -0.15) is 0 Å². The Hall–Kier alpha value is -6.46. The molecule has 0 saturated heterocycles. The Balaban J connectivity index is 1.23. The zero-order valence-corrected chi connectivity index (χ0v) is 25.1. The Morgan fingerprint density at radius 3 is 1.87 bits per heavy atom. The van der Waals surface area contributed by atoms with Crippen LogP contribution in [0.1, 0.15) is 0 Å². The number of rotatable bonds is 3. The average Bonchev–Trinajstić information content (AvgIpc) is 3.53. The van der Waals surface area contributed by atoms with Crippen LogP contribution in [-0.4, -0.2) is 19.9 Å². The fourth-order valence-electron chi connectivity index (χ4n) is 6.85. The molecule has 5 heteroatoms. The Kier molecular flexibility index (Phi) is 5.51. The lowest BCUT2D eigenvalue weighted by atomic mass is 9.99. The van der Waals surface area contributed by atoms with Gasteiger partial charge in [0.1, 0.15) is 5.58 Å². The number of hydrogen-bond donors (Lipinski definition) is 0. The largest absolute Gasteiger partial charge is 0.437 e. The van der Waals surface area contributed by atoms with Crippen LogP contribution in [0.5, 0.6) is 0 Å². The van der Waals surface area contributed by atoms with Crippen LogP contribution in [0.2, 0.25) is 0 Å². The van der Waals surface area contributed by atoms with E-state index in [1.54, 1.807) is 6.20 Å². The van der Waals surface area contributed by atoms with Gasteiger partial charge in [0.05, 0.1) is 0 Å². The fourth-order valence-corrected chi connectivity index (χ4v) is 6.85. The minimum absolute atomic E-state index is 0.607. The molecular weight excluding hydrogens is 576 g/mol. The highest BCUT2D eigenvalue weighted by molar-refractivity contribution is 6.16. The van der Waals surface area contributed by atoms with Crippen LogP contribution in [0.4, 0.5) is 0 Å². The van der Waals surface area contributed by atoms with Gasteiger partial charge in [-0.3, -0.25) is 0 Å². The molecule has 0 spiro atoms. The molecule has 3 aromatic heterocycles. The third kappa shape index (κ3) is 4.10. The van der Waals surface area contributed by atoms with Gasteiger partial charge in [0.2, 0.25) is 5.71 Å². The minimum atomic E-state index is 0.607. The van der Waals surface area contributed by atoms with Crippen molar-refractivity contribution in [2.45, 2.75) is 0 Å². The van der Waals surface area contributed by atoms with E-state index in [2.05, 4.69) is 126 Å². The lowest BCUT2D eigenvalue weighted by molar-refractivity contribution is 0.657. The third-order valence-corrected chi connectivity index (χ3v) is 9.16. The Bertz CT molecular complexity index is 2870. The van der Waals surface area contributed by atoms with Crippen molar-refractivity contribution in [3.8, 4) is 34.2 Å². The van der Waals surface area contributed by atoms with Crippen molar-refractivity contribution in [1.29, 1.82) is 0 Å². The van der Waals surface area contributed by atoms with E-state index in [9.17, 15) is 0 Å². The van der Waals surface area contributed by atoms with Crippen molar-refractivity contribution < 1.29 is 4.42 Å². The summed E-state index contributed by atoms with van der Waals surface area (Å²) in [4.78, 5) is 19.8. The summed E-state index contributed by atoms with van der Waals surface area (Å²) in [6.45, 7) is 0. The SMILES string of the molecule is c1ccc2cc(-c3nc(-c4ccc5ccc6ccccc6c5c4)nc(-c4cccc5c4ccc4c6cccnc6oc54)n3)ccc2c1. The first-order chi connectivity index (χ1) is 23.3. The first-order valence-corrected chi connectivity index (χ1v) is 15.6. The zero-order valence-electron chi connectivity index (χ0n) is 25.1. The van der Waals surface area contributed by atoms with Gasteiger partial charge in [-0.25, -0.2) is 19.9 Å². The summed E-state index contributed by atoms with van der Waals surface area (Å²) < 4.78 is 6.30. The number of fused-ring (bicyclic) bond motifs is 9. The number of aromatic nitrogens is 4.